The Labute approximate surface area is 143 Å². The first-order valence-corrected chi connectivity index (χ1v) is 8.41. The maximum atomic E-state index is 13.3. The molecule has 0 spiro atoms. The van der Waals surface area contributed by atoms with Gasteiger partial charge in [0.15, 0.2) is 5.69 Å². The average Bonchev–Trinajstić information content (AvgIpc) is 3.17. The van der Waals surface area contributed by atoms with Crippen molar-refractivity contribution >= 4 is 17.5 Å². The summed E-state index contributed by atoms with van der Waals surface area (Å²) in [4.78, 5) is 28.1. The summed E-state index contributed by atoms with van der Waals surface area (Å²) < 4.78 is 26.6. The van der Waals surface area contributed by atoms with Gasteiger partial charge in [0.1, 0.15) is 5.92 Å². The molecular weight excluding hydrogens is 332 g/mol. The van der Waals surface area contributed by atoms with Gasteiger partial charge in [0, 0.05) is 38.6 Å². The third kappa shape index (κ3) is 2.61. The van der Waals surface area contributed by atoms with Crippen molar-refractivity contribution in [3.63, 3.8) is 0 Å². The van der Waals surface area contributed by atoms with Gasteiger partial charge in [-0.15, -0.1) is 5.10 Å². The molecule has 7 nitrogen and oxygen atoms in total. The van der Waals surface area contributed by atoms with Crippen molar-refractivity contribution in [1.82, 2.24) is 20.4 Å². The van der Waals surface area contributed by atoms with Crippen molar-refractivity contribution in [2.45, 2.75) is 37.3 Å². The summed E-state index contributed by atoms with van der Waals surface area (Å²) in [6.45, 7) is 1.02. The Hall–Kier alpha value is -2.32. The third-order valence-corrected chi connectivity index (χ3v) is 5.34. The minimum Gasteiger partial charge on any atom is -0.365 e. The summed E-state index contributed by atoms with van der Waals surface area (Å²) in [5, 5.41) is 10.2. The number of piperazine rings is 1. The summed E-state index contributed by atoms with van der Waals surface area (Å²) in [5.74, 6) is -4.73. The highest BCUT2D eigenvalue weighted by molar-refractivity contribution is 5.97. The number of aromatic nitrogens is 2. The van der Waals surface area contributed by atoms with Gasteiger partial charge < -0.3 is 15.1 Å². The first-order valence-electron chi connectivity index (χ1n) is 8.41. The molecule has 3 fully saturated rings. The second kappa shape index (κ2) is 5.60. The van der Waals surface area contributed by atoms with Crippen molar-refractivity contribution in [2.75, 3.05) is 25.0 Å². The van der Waals surface area contributed by atoms with Crippen molar-refractivity contribution < 1.29 is 18.4 Å². The second-order valence-corrected chi connectivity index (χ2v) is 6.90. The van der Waals surface area contributed by atoms with Crippen LogP contribution in [0.5, 0.6) is 0 Å². The molecule has 1 saturated carbocycles. The molecule has 2 unspecified atom stereocenters. The minimum atomic E-state index is -2.84. The van der Waals surface area contributed by atoms with Crippen LogP contribution in [0.15, 0.2) is 12.3 Å². The maximum Gasteiger partial charge on any atom is 0.273 e. The molecule has 4 rings (SSSR count). The smallest absolute Gasteiger partial charge is 0.273 e. The van der Waals surface area contributed by atoms with Crippen LogP contribution in [0.4, 0.5) is 14.5 Å². The molecule has 134 valence electrons. The Kier molecular flexibility index (Phi) is 3.62. The number of rotatable bonds is 3. The zero-order valence-corrected chi connectivity index (χ0v) is 13.8. The lowest BCUT2D eigenvalue weighted by Gasteiger charge is -2.42. The van der Waals surface area contributed by atoms with Crippen molar-refractivity contribution in [1.29, 1.82) is 0 Å². The molecule has 2 aliphatic heterocycles. The molecule has 25 heavy (non-hydrogen) atoms. The molecule has 0 aromatic carbocycles. The quantitative estimate of drug-likeness (QED) is 0.866. The van der Waals surface area contributed by atoms with Crippen LogP contribution in [0, 0.1) is 5.92 Å². The Morgan fingerprint density at radius 2 is 1.92 bits per heavy atom. The van der Waals surface area contributed by atoms with Crippen LogP contribution in [-0.4, -0.2) is 65.1 Å². The van der Waals surface area contributed by atoms with E-state index >= 15 is 0 Å². The van der Waals surface area contributed by atoms with Crippen molar-refractivity contribution in [3.8, 4) is 0 Å². The summed E-state index contributed by atoms with van der Waals surface area (Å²) in [7, 11) is 1.52. The topological polar surface area (TPSA) is 78.4 Å². The third-order valence-electron chi connectivity index (χ3n) is 5.34. The van der Waals surface area contributed by atoms with Gasteiger partial charge in [-0.3, -0.25) is 9.59 Å². The number of nitrogens with zero attached hydrogens (tertiary/aromatic N) is 4. The van der Waals surface area contributed by atoms with E-state index in [2.05, 4.69) is 15.5 Å². The molecule has 2 saturated heterocycles. The van der Waals surface area contributed by atoms with Gasteiger partial charge in [-0.2, -0.15) is 5.10 Å². The average molecular weight is 351 g/mol. The number of fused-ring (bicyclic) bond motifs is 2. The van der Waals surface area contributed by atoms with E-state index in [1.807, 2.05) is 4.90 Å². The molecule has 2 amide bonds. The van der Waals surface area contributed by atoms with Crippen LogP contribution in [-0.2, 0) is 4.79 Å². The number of hydrogen-bond acceptors (Lipinski definition) is 5. The zero-order valence-electron chi connectivity index (χ0n) is 13.8. The molecule has 0 radical (unpaired) electrons. The first-order chi connectivity index (χ1) is 11.9. The molecule has 2 bridgehead atoms. The molecule has 9 heteroatoms. The Balaban J connectivity index is 1.55. The van der Waals surface area contributed by atoms with E-state index in [1.54, 1.807) is 11.0 Å². The lowest BCUT2D eigenvalue weighted by atomic mass is 10.1. The Morgan fingerprint density at radius 3 is 2.48 bits per heavy atom. The van der Waals surface area contributed by atoms with Gasteiger partial charge in [0.05, 0.1) is 11.9 Å². The van der Waals surface area contributed by atoms with E-state index in [4.69, 9.17) is 0 Å². The highest BCUT2D eigenvalue weighted by Gasteiger charge is 2.64. The van der Waals surface area contributed by atoms with Crippen molar-refractivity contribution in [2.24, 2.45) is 5.92 Å². The van der Waals surface area contributed by atoms with Gasteiger partial charge in [-0.05, 0) is 18.9 Å². The lowest BCUT2D eigenvalue weighted by Crippen LogP contribution is -2.57. The van der Waals surface area contributed by atoms with Gasteiger partial charge in [0.2, 0.25) is 5.91 Å². The summed E-state index contributed by atoms with van der Waals surface area (Å²) in [5.41, 5.74) is 0.896. The van der Waals surface area contributed by atoms with Crippen LogP contribution < -0.4 is 10.2 Å². The van der Waals surface area contributed by atoms with E-state index in [-0.39, 0.29) is 30.1 Å². The van der Waals surface area contributed by atoms with E-state index in [1.165, 1.54) is 13.2 Å². The number of alkyl halides is 2. The fourth-order valence-corrected chi connectivity index (χ4v) is 3.98. The van der Waals surface area contributed by atoms with E-state index < -0.39 is 17.7 Å². The van der Waals surface area contributed by atoms with E-state index in [0.717, 1.165) is 12.8 Å². The largest absolute Gasteiger partial charge is 0.365 e. The van der Waals surface area contributed by atoms with Crippen LogP contribution >= 0.6 is 0 Å². The van der Waals surface area contributed by atoms with Gasteiger partial charge in [-0.1, -0.05) is 0 Å². The SMILES string of the molecule is CNC(=O)c1nnccc1N1CC2CCC(C1)N2C(=O)[C@@H]1CC1(F)F. The Morgan fingerprint density at radius 1 is 1.28 bits per heavy atom. The van der Waals surface area contributed by atoms with Gasteiger partial charge in [0.25, 0.3) is 11.8 Å². The molecule has 1 aliphatic carbocycles. The number of carbonyl (C=O) groups excluding carboxylic acids is 2. The number of hydrogen-bond donors (Lipinski definition) is 1. The highest BCUT2D eigenvalue weighted by atomic mass is 19.3. The minimum absolute atomic E-state index is 0.103. The maximum absolute atomic E-state index is 13.3. The van der Waals surface area contributed by atoms with E-state index in [9.17, 15) is 18.4 Å². The predicted molar refractivity (Wildman–Crippen MR) is 84.3 cm³/mol. The van der Waals surface area contributed by atoms with E-state index in [0.29, 0.717) is 18.8 Å². The lowest BCUT2D eigenvalue weighted by molar-refractivity contribution is -0.138. The highest BCUT2D eigenvalue weighted by Crippen LogP contribution is 2.51. The Bertz CT molecular complexity index is 714. The molecule has 3 heterocycles. The summed E-state index contributed by atoms with van der Waals surface area (Å²) >= 11 is 0. The number of anilines is 1. The molecule has 3 atom stereocenters. The normalized spacial score (nSPS) is 29.5. The predicted octanol–water partition coefficient (Wildman–Crippen LogP) is 0.671. The number of nitrogens with one attached hydrogen (secondary N) is 1. The number of carbonyl (C=O) groups is 2. The zero-order chi connectivity index (χ0) is 17.8. The van der Waals surface area contributed by atoms with Crippen LogP contribution in [0.1, 0.15) is 29.8 Å². The first kappa shape index (κ1) is 16.2. The van der Waals surface area contributed by atoms with Crippen molar-refractivity contribution in [3.05, 3.63) is 18.0 Å². The molecule has 1 aromatic heterocycles. The molecule has 1 N–H and O–H groups in total. The summed E-state index contributed by atoms with van der Waals surface area (Å²) in [6, 6.07) is 1.52. The fourth-order valence-electron chi connectivity index (χ4n) is 3.98. The van der Waals surface area contributed by atoms with Crippen LogP contribution in [0.2, 0.25) is 0 Å². The van der Waals surface area contributed by atoms with Gasteiger partial charge in [-0.25, -0.2) is 8.78 Å². The fraction of sp³-hybridized carbons (Fsp3) is 0.625. The standard InChI is InChI=1S/C16H19F2N5O2/c1-19-14(24)13-12(4-5-20-21-13)22-7-9-2-3-10(8-22)23(9)15(25)11-6-16(11,17)18/h4-5,9-11H,2-3,6-8H2,1H3,(H,19,24)/t9?,10?,11-/m0/s1. The summed E-state index contributed by atoms with van der Waals surface area (Å²) in [6.07, 6.45) is 2.77. The van der Waals surface area contributed by atoms with Gasteiger partial charge >= 0.3 is 0 Å². The van der Waals surface area contributed by atoms with Crippen LogP contribution in [0.3, 0.4) is 0 Å². The molecular formula is C16H19F2N5O2. The molecule has 1 aromatic rings. The number of halogens is 2. The molecule has 3 aliphatic rings. The van der Waals surface area contributed by atoms with Crippen LogP contribution in [0.25, 0.3) is 0 Å². The number of amides is 2. The monoisotopic (exact) mass is 351 g/mol. The second-order valence-electron chi connectivity index (χ2n) is 6.90.